The molecule has 1 aromatic heterocycles. The maximum Gasteiger partial charge on any atom is 0.249 e. The Balaban J connectivity index is 1.86. The summed E-state index contributed by atoms with van der Waals surface area (Å²) >= 11 is 4.94. The molecule has 0 N–H and O–H groups in total. The third-order valence-electron chi connectivity index (χ3n) is 4.26. The zero-order valence-corrected chi connectivity index (χ0v) is 19.2. The predicted octanol–water partition coefficient (Wildman–Crippen LogP) is 4.69. The van der Waals surface area contributed by atoms with E-state index in [2.05, 4.69) is 27.9 Å². The number of nitrogens with zero attached hydrogens (tertiary/aromatic N) is 2. The third-order valence-corrected chi connectivity index (χ3v) is 6.90. The van der Waals surface area contributed by atoms with Crippen molar-refractivity contribution in [2.24, 2.45) is 4.99 Å². The fourth-order valence-electron chi connectivity index (χ4n) is 2.82. The van der Waals surface area contributed by atoms with E-state index in [1.54, 1.807) is 37.7 Å². The van der Waals surface area contributed by atoms with Gasteiger partial charge in [-0.05, 0) is 18.4 Å². The highest BCUT2D eigenvalue weighted by atomic mass is 32.2. The minimum atomic E-state index is -0.100. The van der Waals surface area contributed by atoms with Crippen LogP contribution < -0.4 is 14.3 Å². The number of thiazole rings is 1. The molecule has 154 valence electrons. The number of hydrogen-bond donors (Lipinski definition) is 0. The molecule has 0 aliphatic carbocycles. The minimum absolute atomic E-state index is 0.100. The van der Waals surface area contributed by atoms with Crippen LogP contribution in [0, 0.1) is 0 Å². The van der Waals surface area contributed by atoms with Crippen LogP contribution in [0.5, 0.6) is 11.5 Å². The molecule has 0 atom stereocenters. The van der Waals surface area contributed by atoms with Gasteiger partial charge in [-0.1, -0.05) is 29.5 Å². The van der Waals surface area contributed by atoms with Crippen LogP contribution in [-0.2, 0) is 11.3 Å². The molecule has 3 aromatic rings. The standard InChI is InChI=1S/C21H24N2O3S3/c1-25-17-13-16-19(14-18(17)26-2)29-21(23(16)10-12-27-3)22-20(24)9-11-28-15-7-5-4-6-8-15/h4-8,13-14H,9-12H2,1-3H3. The molecule has 0 saturated heterocycles. The Hall–Kier alpha value is -1.90. The van der Waals surface area contributed by atoms with Gasteiger partial charge < -0.3 is 14.0 Å². The van der Waals surface area contributed by atoms with Crippen LogP contribution in [0.2, 0.25) is 0 Å². The van der Waals surface area contributed by atoms with Gasteiger partial charge in [-0.25, -0.2) is 0 Å². The lowest BCUT2D eigenvalue weighted by molar-refractivity contribution is -0.117. The highest BCUT2D eigenvalue weighted by Crippen LogP contribution is 2.33. The number of fused-ring (bicyclic) bond motifs is 1. The number of hydrogen-bond acceptors (Lipinski definition) is 6. The molecular weight excluding hydrogens is 424 g/mol. The van der Waals surface area contributed by atoms with E-state index in [0.717, 1.165) is 32.2 Å². The molecule has 1 amide bonds. The van der Waals surface area contributed by atoms with Gasteiger partial charge in [0.25, 0.3) is 0 Å². The molecular formula is C21H24N2O3S3. The highest BCUT2D eigenvalue weighted by Gasteiger charge is 2.13. The number of aromatic nitrogens is 1. The molecule has 0 aliphatic heterocycles. The van der Waals surface area contributed by atoms with Crippen molar-refractivity contribution < 1.29 is 14.3 Å². The zero-order valence-electron chi connectivity index (χ0n) is 16.7. The lowest BCUT2D eigenvalue weighted by Gasteiger charge is -2.09. The number of carbonyl (C=O) groups excluding carboxylic acids is 1. The number of amides is 1. The average Bonchev–Trinajstić information content (AvgIpc) is 3.07. The second kappa shape index (κ2) is 10.8. The van der Waals surface area contributed by atoms with Gasteiger partial charge in [0.2, 0.25) is 5.91 Å². The maximum absolute atomic E-state index is 12.5. The van der Waals surface area contributed by atoms with Crippen molar-refractivity contribution in [3.8, 4) is 11.5 Å². The van der Waals surface area contributed by atoms with E-state index >= 15 is 0 Å². The number of benzene rings is 2. The summed E-state index contributed by atoms with van der Waals surface area (Å²) in [6.07, 6.45) is 2.48. The minimum Gasteiger partial charge on any atom is -0.493 e. The monoisotopic (exact) mass is 448 g/mol. The first-order chi connectivity index (χ1) is 14.2. The summed E-state index contributed by atoms with van der Waals surface area (Å²) in [5, 5.41) is 0. The number of carbonyl (C=O) groups is 1. The van der Waals surface area contributed by atoms with E-state index in [-0.39, 0.29) is 5.91 Å². The van der Waals surface area contributed by atoms with Crippen molar-refractivity contribution in [3.05, 3.63) is 47.3 Å². The van der Waals surface area contributed by atoms with Crippen LogP contribution >= 0.6 is 34.9 Å². The van der Waals surface area contributed by atoms with Crippen LogP contribution in [0.3, 0.4) is 0 Å². The summed E-state index contributed by atoms with van der Waals surface area (Å²) in [4.78, 5) is 18.8. The second-order valence-electron chi connectivity index (χ2n) is 6.12. The second-order valence-corrected chi connectivity index (χ2v) is 9.28. The van der Waals surface area contributed by atoms with Crippen molar-refractivity contribution in [2.75, 3.05) is 32.0 Å². The quantitative estimate of drug-likeness (QED) is 0.445. The lowest BCUT2D eigenvalue weighted by atomic mass is 10.3. The first kappa shape index (κ1) is 21.8. The first-order valence-electron chi connectivity index (χ1n) is 9.16. The predicted molar refractivity (Wildman–Crippen MR) is 124 cm³/mol. The lowest BCUT2D eigenvalue weighted by Crippen LogP contribution is -2.18. The van der Waals surface area contributed by atoms with Crippen molar-refractivity contribution in [2.45, 2.75) is 17.9 Å². The van der Waals surface area contributed by atoms with Crippen molar-refractivity contribution >= 4 is 51.0 Å². The number of thioether (sulfide) groups is 2. The first-order valence-corrected chi connectivity index (χ1v) is 12.4. The molecule has 0 unspecified atom stereocenters. The van der Waals surface area contributed by atoms with E-state index in [0.29, 0.717) is 23.7 Å². The largest absolute Gasteiger partial charge is 0.493 e. The molecule has 2 aromatic carbocycles. The fourth-order valence-corrected chi connectivity index (χ4v) is 5.13. The fraction of sp³-hybridized carbons (Fsp3) is 0.333. The molecule has 0 bridgehead atoms. The normalized spacial score (nSPS) is 11.8. The number of ether oxygens (including phenoxy) is 2. The summed E-state index contributed by atoms with van der Waals surface area (Å²) in [6, 6.07) is 14.0. The molecule has 1 heterocycles. The van der Waals surface area contributed by atoms with Crippen LogP contribution in [0.4, 0.5) is 0 Å². The van der Waals surface area contributed by atoms with Gasteiger partial charge in [-0.3, -0.25) is 4.79 Å². The molecule has 0 radical (unpaired) electrons. The summed E-state index contributed by atoms with van der Waals surface area (Å²) in [6.45, 7) is 0.779. The highest BCUT2D eigenvalue weighted by molar-refractivity contribution is 7.99. The Morgan fingerprint density at radius 3 is 2.52 bits per heavy atom. The molecule has 0 aliphatic rings. The number of aryl methyl sites for hydroxylation is 1. The zero-order chi connectivity index (χ0) is 20.6. The third kappa shape index (κ3) is 5.58. The Bertz CT molecular complexity index is 1030. The van der Waals surface area contributed by atoms with Crippen molar-refractivity contribution in [1.82, 2.24) is 4.57 Å². The van der Waals surface area contributed by atoms with Gasteiger partial charge in [0.1, 0.15) is 0 Å². The SMILES string of the molecule is COc1cc2sc(=NC(=O)CCSc3ccccc3)n(CCSC)c2cc1OC. The Labute approximate surface area is 183 Å². The Morgan fingerprint density at radius 1 is 1.10 bits per heavy atom. The molecule has 0 fully saturated rings. The Kier molecular flexibility index (Phi) is 8.09. The smallest absolute Gasteiger partial charge is 0.249 e. The molecule has 0 spiro atoms. The van der Waals surface area contributed by atoms with E-state index in [4.69, 9.17) is 9.47 Å². The summed E-state index contributed by atoms with van der Waals surface area (Å²) < 4.78 is 14.0. The average molecular weight is 449 g/mol. The van der Waals surface area contributed by atoms with Crippen LogP contribution in [0.15, 0.2) is 52.4 Å². The molecule has 8 heteroatoms. The Morgan fingerprint density at radius 2 is 1.83 bits per heavy atom. The van der Waals surface area contributed by atoms with Crippen LogP contribution in [-0.4, -0.2) is 42.5 Å². The van der Waals surface area contributed by atoms with Crippen molar-refractivity contribution in [1.29, 1.82) is 0 Å². The number of methoxy groups -OCH3 is 2. The van der Waals surface area contributed by atoms with Gasteiger partial charge in [0.15, 0.2) is 16.3 Å². The summed E-state index contributed by atoms with van der Waals surface area (Å²) in [5.74, 6) is 2.90. The van der Waals surface area contributed by atoms with E-state index in [1.807, 2.05) is 30.3 Å². The number of rotatable bonds is 9. The van der Waals surface area contributed by atoms with Gasteiger partial charge in [0.05, 0.1) is 24.4 Å². The van der Waals surface area contributed by atoms with Gasteiger partial charge in [-0.15, -0.1) is 11.8 Å². The van der Waals surface area contributed by atoms with E-state index < -0.39 is 0 Å². The van der Waals surface area contributed by atoms with Crippen LogP contribution in [0.25, 0.3) is 10.2 Å². The molecule has 3 rings (SSSR count). The van der Waals surface area contributed by atoms with Gasteiger partial charge >= 0.3 is 0 Å². The topological polar surface area (TPSA) is 52.8 Å². The van der Waals surface area contributed by atoms with Gasteiger partial charge in [0, 0.05) is 41.5 Å². The van der Waals surface area contributed by atoms with E-state index in [1.165, 1.54) is 11.3 Å². The summed E-state index contributed by atoms with van der Waals surface area (Å²) in [5.41, 5.74) is 1.01. The van der Waals surface area contributed by atoms with Crippen molar-refractivity contribution in [3.63, 3.8) is 0 Å². The molecule has 0 saturated carbocycles. The maximum atomic E-state index is 12.5. The summed E-state index contributed by atoms with van der Waals surface area (Å²) in [7, 11) is 3.25. The van der Waals surface area contributed by atoms with Gasteiger partial charge in [-0.2, -0.15) is 16.8 Å². The molecule has 5 nitrogen and oxygen atoms in total. The van der Waals surface area contributed by atoms with Crippen LogP contribution in [0.1, 0.15) is 6.42 Å². The van der Waals surface area contributed by atoms with E-state index in [9.17, 15) is 4.79 Å². The molecule has 29 heavy (non-hydrogen) atoms.